The van der Waals surface area contributed by atoms with Crippen LogP contribution in [0, 0.1) is 0 Å². The van der Waals surface area contributed by atoms with Crippen LogP contribution in [-0.2, 0) is 6.42 Å². The van der Waals surface area contributed by atoms with Crippen molar-refractivity contribution in [1.82, 2.24) is 5.48 Å². The SMILES string of the molecule is CC(Cc1ccc(O)c(O)c1)NO. The Morgan fingerprint density at radius 1 is 1.31 bits per heavy atom. The minimum Gasteiger partial charge on any atom is -0.504 e. The molecule has 0 aliphatic rings. The Hall–Kier alpha value is -1.26. The Bertz CT molecular complexity index is 288. The monoisotopic (exact) mass is 183 g/mol. The zero-order valence-electron chi connectivity index (χ0n) is 7.36. The molecule has 0 heterocycles. The van der Waals surface area contributed by atoms with Crippen molar-refractivity contribution < 1.29 is 15.4 Å². The number of hydroxylamine groups is 1. The van der Waals surface area contributed by atoms with E-state index in [0.29, 0.717) is 6.42 Å². The standard InChI is InChI=1S/C9H13NO3/c1-6(10-13)4-7-2-3-8(11)9(12)5-7/h2-3,5-6,10-13H,4H2,1H3. The Balaban J connectivity index is 2.73. The summed E-state index contributed by atoms with van der Waals surface area (Å²) in [6.07, 6.45) is 0.588. The van der Waals surface area contributed by atoms with Gasteiger partial charge in [-0.05, 0) is 31.0 Å². The maximum absolute atomic E-state index is 9.15. The third kappa shape index (κ3) is 2.61. The van der Waals surface area contributed by atoms with Crippen LogP contribution in [0.15, 0.2) is 18.2 Å². The summed E-state index contributed by atoms with van der Waals surface area (Å²) >= 11 is 0. The Morgan fingerprint density at radius 3 is 2.54 bits per heavy atom. The second-order valence-corrected chi connectivity index (χ2v) is 3.06. The molecule has 1 atom stereocenters. The quantitative estimate of drug-likeness (QED) is 0.417. The molecule has 1 aromatic carbocycles. The first-order valence-corrected chi connectivity index (χ1v) is 4.04. The van der Waals surface area contributed by atoms with Crippen LogP contribution >= 0.6 is 0 Å². The normalized spacial score (nSPS) is 12.8. The van der Waals surface area contributed by atoms with E-state index in [2.05, 4.69) is 5.48 Å². The second-order valence-electron chi connectivity index (χ2n) is 3.06. The topological polar surface area (TPSA) is 72.7 Å². The van der Waals surface area contributed by atoms with Crippen molar-refractivity contribution in [3.63, 3.8) is 0 Å². The van der Waals surface area contributed by atoms with Gasteiger partial charge in [-0.15, -0.1) is 0 Å². The van der Waals surface area contributed by atoms with E-state index in [1.165, 1.54) is 12.1 Å². The summed E-state index contributed by atoms with van der Waals surface area (Å²) in [6.45, 7) is 1.81. The average molecular weight is 183 g/mol. The van der Waals surface area contributed by atoms with E-state index in [1.54, 1.807) is 6.07 Å². The first-order valence-electron chi connectivity index (χ1n) is 4.04. The fraction of sp³-hybridized carbons (Fsp3) is 0.333. The summed E-state index contributed by atoms with van der Waals surface area (Å²) in [6, 6.07) is 4.52. The molecule has 13 heavy (non-hydrogen) atoms. The summed E-state index contributed by atoms with van der Waals surface area (Å²) in [5.74, 6) is -0.268. The number of hydrogen-bond acceptors (Lipinski definition) is 4. The van der Waals surface area contributed by atoms with E-state index in [9.17, 15) is 0 Å². The number of rotatable bonds is 3. The first-order chi connectivity index (χ1) is 6.13. The highest BCUT2D eigenvalue weighted by atomic mass is 16.5. The maximum atomic E-state index is 9.15. The van der Waals surface area contributed by atoms with Gasteiger partial charge in [0.15, 0.2) is 11.5 Å². The Morgan fingerprint density at radius 2 is 2.00 bits per heavy atom. The van der Waals surface area contributed by atoms with E-state index in [1.807, 2.05) is 6.92 Å². The summed E-state index contributed by atoms with van der Waals surface area (Å²) in [7, 11) is 0. The lowest BCUT2D eigenvalue weighted by Gasteiger charge is -2.09. The second kappa shape index (κ2) is 4.11. The van der Waals surface area contributed by atoms with E-state index in [-0.39, 0.29) is 17.5 Å². The summed E-state index contributed by atoms with van der Waals surface area (Å²) in [5.41, 5.74) is 2.95. The molecule has 4 N–H and O–H groups in total. The zero-order chi connectivity index (χ0) is 9.84. The number of phenolic OH excluding ortho intramolecular Hbond substituents is 2. The van der Waals surface area contributed by atoms with Gasteiger partial charge < -0.3 is 15.4 Å². The molecule has 0 amide bonds. The van der Waals surface area contributed by atoms with Gasteiger partial charge in [-0.1, -0.05) is 6.07 Å². The summed E-state index contributed by atoms with van der Waals surface area (Å²) < 4.78 is 0. The largest absolute Gasteiger partial charge is 0.504 e. The molecule has 0 aromatic heterocycles. The minimum atomic E-state index is -0.136. The molecule has 4 heteroatoms. The van der Waals surface area contributed by atoms with Crippen LogP contribution < -0.4 is 5.48 Å². The molecule has 1 rings (SSSR count). The highest BCUT2D eigenvalue weighted by molar-refractivity contribution is 5.40. The van der Waals surface area contributed by atoms with Gasteiger partial charge in [-0.2, -0.15) is 0 Å². The van der Waals surface area contributed by atoms with Gasteiger partial charge in [0.25, 0.3) is 0 Å². The van der Waals surface area contributed by atoms with Crippen molar-refractivity contribution in [2.24, 2.45) is 0 Å². The van der Waals surface area contributed by atoms with Gasteiger partial charge in [0.2, 0.25) is 0 Å². The van der Waals surface area contributed by atoms with Crippen LogP contribution in [0.25, 0.3) is 0 Å². The smallest absolute Gasteiger partial charge is 0.157 e. The van der Waals surface area contributed by atoms with Gasteiger partial charge >= 0.3 is 0 Å². The van der Waals surface area contributed by atoms with Gasteiger partial charge in [0, 0.05) is 6.04 Å². The Labute approximate surface area is 76.4 Å². The van der Waals surface area contributed by atoms with Crippen LogP contribution in [0.2, 0.25) is 0 Å². The predicted octanol–water partition coefficient (Wildman–Crippen LogP) is 1.01. The average Bonchev–Trinajstić information content (AvgIpc) is 2.11. The third-order valence-electron chi connectivity index (χ3n) is 1.80. The summed E-state index contributed by atoms with van der Waals surface area (Å²) in [5, 5.41) is 26.7. The fourth-order valence-electron chi connectivity index (χ4n) is 1.10. The minimum absolute atomic E-state index is 0.0797. The van der Waals surface area contributed by atoms with Crippen molar-refractivity contribution in [3.8, 4) is 11.5 Å². The van der Waals surface area contributed by atoms with Gasteiger partial charge in [0.05, 0.1) is 0 Å². The molecule has 72 valence electrons. The molecule has 0 radical (unpaired) electrons. The van der Waals surface area contributed by atoms with Crippen molar-refractivity contribution in [2.75, 3.05) is 0 Å². The molecular formula is C9H13NO3. The lowest BCUT2D eigenvalue weighted by molar-refractivity contribution is 0.133. The molecule has 1 unspecified atom stereocenters. The predicted molar refractivity (Wildman–Crippen MR) is 47.9 cm³/mol. The van der Waals surface area contributed by atoms with Gasteiger partial charge in [-0.25, -0.2) is 5.48 Å². The summed E-state index contributed by atoms with van der Waals surface area (Å²) in [4.78, 5) is 0. The molecule has 0 fully saturated rings. The van der Waals surface area contributed by atoms with E-state index in [4.69, 9.17) is 15.4 Å². The molecule has 0 saturated carbocycles. The number of benzene rings is 1. The lowest BCUT2D eigenvalue weighted by atomic mass is 10.1. The van der Waals surface area contributed by atoms with E-state index in [0.717, 1.165) is 5.56 Å². The number of hydrogen-bond donors (Lipinski definition) is 4. The molecule has 4 nitrogen and oxygen atoms in total. The van der Waals surface area contributed by atoms with Crippen molar-refractivity contribution >= 4 is 0 Å². The first kappa shape index (κ1) is 9.83. The highest BCUT2D eigenvalue weighted by Crippen LogP contribution is 2.25. The highest BCUT2D eigenvalue weighted by Gasteiger charge is 2.04. The van der Waals surface area contributed by atoms with Crippen LogP contribution in [0.4, 0.5) is 0 Å². The Kier molecular flexibility index (Phi) is 3.11. The van der Waals surface area contributed by atoms with Crippen LogP contribution in [0.3, 0.4) is 0 Å². The number of nitrogens with one attached hydrogen (secondary N) is 1. The number of aromatic hydroxyl groups is 2. The van der Waals surface area contributed by atoms with Crippen LogP contribution in [-0.4, -0.2) is 21.5 Å². The molecule has 1 aromatic rings. The van der Waals surface area contributed by atoms with E-state index < -0.39 is 0 Å². The van der Waals surface area contributed by atoms with Crippen LogP contribution in [0.1, 0.15) is 12.5 Å². The molecule has 0 aliphatic carbocycles. The van der Waals surface area contributed by atoms with Gasteiger partial charge in [-0.3, -0.25) is 0 Å². The van der Waals surface area contributed by atoms with Crippen molar-refractivity contribution in [1.29, 1.82) is 0 Å². The van der Waals surface area contributed by atoms with Crippen molar-refractivity contribution in [2.45, 2.75) is 19.4 Å². The molecule has 0 saturated heterocycles. The number of phenols is 2. The van der Waals surface area contributed by atoms with Crippen LogP contribution in [0.5, 0.6) is 11.5 Å². The van der Waals surface area contributed by atoms with Gasteiger partial charge in [0.1, 0.15) is 0 Å². The molecule has 0 spiro atoms. The fourth-order valence-corrected chi connectivity index (χ4v) is 1.10. The maximum Gasteiger partial charge on any atom is 0.157 e. The lowest BCUT2D eigenvalue weighted by Crippen LogP contribution is -2.24. The molecule has 0 aliphatic heterocycles. The molecule has 0 bridgehead atoms. The van der Waals surface area contributed by atoms with E-state index >= 15 is 0 Å². The van der Waals surface area contributed by atoms with Crippen molar-refractivity contribution in [3.05, 3.63) is 23.8 Å². The third-order valence-corrected chi connectivity index (χ3v) is 1.80. The zero-order valence-corrected chi connectivity index (χ0v) is 7.36. The molecular weight excluding hydrogens is 170 g/mol.